The minimum Gasteiger partial charge on any atom is -0.507 e. The van der Waals surface area contributed by atoms with Crippen LogP contribution in [0.5, 0.6) is 5.75 Å². The molecular formula is C24H32N2O2. The zero-order chi connectivity index (χ0) is 20.0. The Balaban J connectivity index is 1.90. The highest BCUT2D eigenvalue weighted by Gasteiger charge is 2.10. The summed E-state index contributed by atoms with van der Waals surface area (Å²) in [6.45, 7) is 2.24. The maximum atomic E-state index is 12.3. The summed E-state index contributed by atoms with van der Waals surface area (Å²) < 4.78 is 0. The molecule has 0 aliphatic rings. The SMILES string of the molecule is CCCCCCCCCC/C(=N\NC(=O)c1ccccc1O)c1ccccc1. The van der Waals surface area contributed by atoms with E-state index in [0.717, 1.165) is 24.1 Å². The van der Waals surface area contributed by atoms with Gasteiger partial charge in [-0.05, 0) is 30.5 Å². The van der Waals surface area contributed by atoms with Gasteiger partial charge in [-0.2, -0.15) is 5.10 Å². The molecule has 0 aliphatic heterocycles. The molecule has 1 amide bonds. The van der Waals surface area contributed by atoms with Gasteiger partial charge in [0.25, 0.3) is 5.91 Å². The first-order chi connectivity index (χ1) is 13.7. The van der Waals surface area contributed by atoms with Crippen molar-refractivity contribution in [3.05, 3.63) is 65.7 Å². The Morgan fingerprint density at radius 3 is 2.14 bits per heavy atom. The number of carbonyl (C=O) groups excluding carboxylic acids is 1. The molecule has 2 aromatic rings. The van der Waals surface area contributed by atoms with Crippen molar-refractivity contribution in [3.8, 4) is 5.75 Å². The monoisotopic (exact) mass is 380 g/mol. The molecule has 0 aliphatic carbocycles. The first-order valence-electron chi connectivity index (χ1n) is 10.4. The Bertz CT molecular complexity index is 741. The average molecular weight is 381 g/mol. The van der Waals surface area contributed by atoms with Gasteiger partial charge in [-0.25, -0.2) is 5.43 Å². The third-order valence-electron chi connectivity index (χ3n) is 4.82. The Hall–Kier alpha value is -2.62. The molecule has 0 saturated heterocycles. The highest BCUT2D eigenvalue weighted by Crippen LogP contribution is 2.16. The molecule has 2 N–H and O–H groups in total. The number of nitrogens with one attached hydrogen (secondary N) is 1. The zero-order valence-corrected chi connectivity index (χ0v) is 16.9. The zero-order valence-electron chi connectivity index (χ0n) is 16.9. The second kappa shape index (κ2) is 12.7. The molecule has 150 valence electrons. The fourth-order valence-corrected chi connectivity index (χ4v) is 3.17. The van der Waals surface area contributed by atoms with Gasteiger partial charge in [0.1, 0.15) is 5.75 Å². The highest BCUT2D eigenvalue weighted by atomic mass is 16.3. The lowest BCUT2D eigenvalue weighted by Crippen LogP contribution is -2.20. The first-order valence-corrected chi connectivity index (χ1v) is 10.4. The molecule has 0 atom stereocenters. The maximum Gasteiger partial charge on any atom is 0.275 e. The van der Waals surface area contributed by atoms with E-state index in [2.05, 4.69) is 17.5 Å². The van der Waals surface area contributed by atoms with Gasteiger partial charge in [-0.3, -0.25) is 4.79 Å². The lowest BCUT2D eigenvalue weighted by Gasteiger charge is -2.08. The number of unbranched alkanes of at least 4 members (excludes halogenated alkanes) is 7. The number of hydrogen-bond donors (Lipinski definition) is 2. The van der Waals surface area contributed by atoms with Gasteiger partial charge in [0, 0.05) is 0 Å². The minimum absolute atomic E-state index is 0.0421. The number of rotatable bonds is 12. The second-order valence-electron chi connectivity index (χ2n) is 7.11. The topological polar surface area (TPSA) is 61.7 Å². The van der Waals surface area contributed by atoms with Crippen molar-refractivity contribution in [2.75, 3.05) is 0 Å². The molecule has 0 heterocycles. The molecule has 0 unspecified atom stereocenters. The molecule has 0 bridgehead atoms. The molecule has 0 aromatic heterocycles. The lowest BCUT2D eigenvalue weighted by molar-refractivity contribution is 0.0952. The third-order valence-corrected chi connectivity index (χ3v) is 4.82. The predicted octanol–water partition coefficient (Wildman–Crippen LogP) is 6.06. The van der Waals surface area contributed by atoms with Gasteiger partial charge in [-0.1, -0.05) is 94.3 Å². The fraction of sp³-hybridized carbons (Fsp3) is 0.417. The Labute approximate surface area is 168 Å². The number of amides is 1. The second-order valence-corrected chi connectivity index (χ2v) is 7.11. The molecule has 4 heteroatoms. The summed E-state index contributed by atoms with van der Waals surface area (Å²) in [5, 5.41) is 14.2. The summed E-state index contributed by atoms with van der Waals surface area (Å²) in [5.74, 6) is -0.443. The first kappa shape index (κ1) is 21.7. The summed E-state index contributed by atoms with van der Waals surface area (Å²) in [4.78, 5) is 12.3. The summed E-state index contributed by atoms with van der Waals surface area (Å²) in [6, 6.07) is 16.4. The van der Waals surface area contributed by atoms with Crippen molar-refractivity contribution in [3.63, 3.8) is 0 Å². The smallest absolute Gasteiger partial charge is 0.275 e. The number of aromatic hydroxyl groups is 1. The third kappa shape index (κ3) is 7.55. The number of hydrazone groups is 1. The summed E-state index contributed by atoms with van der Waals surface area (Å²) >= 11 is 0. The van der Waals surface area contributed by atoms with Crippen LogP contribution in [0.4, 0.5) is 0 Å². The van der Waals surface area contributed by atoms with E-state index in [1.165, 1.54) is 51.0 Å². The standard InChI is InChI=1S/C24H32N2O2/c1-2-3-4-5-6-7-8-12-18-22(20-15-10-9-11-16-20)25-26-24(28)21-17-13-14-19-23(21)27/h9-11,13-17,19,27H,2-8,12,18H2,1H3,(H,26,28)/b25-22+. The Kier molecular flexibility index (Phi) is 9.84. The molecule has 28 heavy (non-hydrogen) atoms. The molecule has 0 saturated carbocycles. The van der Waals surface area contributed by atoms with E-state index >= 15 is 0 Å². The van der Waals surface area contributed by atoms with Gasteiger partial charge in [-0.15, -0.1) is 0 Å². The van der Waals surface area contributed by atoms with Gasteiger partial charge in [0.2, 0.25) is 0 Å². The Morgan fingerprint density at radius 1 is 0.857 bits per heavy atom. The van der Waals surface area contributed by atoms with Crippen molar-refractivity contribution in [1.29, 1.82) is 0 Å². The Morgan fingerprint density at radius 2 is 1.46 bits per heavy atom. The number of phenolic OH excluding ortho intramolecular Hbond substituents is 1. The molecule has 0 radical (unpaired) electrons. The van der Waals surface area contributed by atoms with E-state index in [4.69, 9.17) is 0 Å². The molecule has 2 rings (SSSR count). The van der Waals surface area contributed by atoms with Crippen LogP contribution in [0.15, 0.2) is 59.7 Å². The number of nitrogens with zero attached hydrogens (tertiary/aromatic N) is 1. The number of para-hydroxylation sites is 1. The average Bonchev–Trinajstić information content (AvgIpc) is 2.73. The van der Waals surface area contributed by atoms with E-state index in [-0.39, 0.29) is 11.3 Å². The summed E-state index contributed by atoms with van der Waals surface area (Å²) in [5.41, 5.74) is 4.72. The quantitative estimate of drug-likeness (QED) is 0.267. The summed E-state index contributed by atoms with van der Waals surface area (Å²) in [6.07, 6.45) is 10.9. The van der Waals surface area contributed by atoms with Gasteiger partial charge < -0.3 is 5.11 Å². The molecular weight excluding hydrogens is 348 g/mol. The van der Waals surface area contributed by atoms with Crippen LogP contribution in [0, 0.1) is 0 Å². The highest BCUT2D eigenvalue weighted by molar-refractivity contribution is 6.02. The van der Waals surface area contributed by atoms with E-state index in [0.29, 0.717) is 0 Å². The van der Waals surface area contributed by atoms with Crippen molar-refractivity contribution >= 4 is 11.6 Å². The number of hydrogen-bond acceptors (Lipinski definition) is 3. The maximum absolute atomic E-state index is 12.3. The molecule has 4 nitrogen and oxygen atoms in total. The number of benzene rings is 2. The van der Waals surface area contributed by atoms with Crippen LogP contribution < -0.4 is 5.43 Å². The van der Waals surface area contributed by atoms with E-state index in [1.807, 2.05) is 30.3 Å². The normalized spacial score (nSPS) is 11.4. The van der Waals surface area contributed by atoms with Crippen molar-refractivity contribution < 1.29 is 9.90 Å². The largest absolute Gasteiger partial charge is 0.507 e. The fourth-order valence-electron chi connectivity index (χ4n) is 3.17. The van der Waals surface area contributed by atoms with E-state index in [9.17, 15) is 9.90 Å². The predicted molar refractivity (Wildman–Crippen MR) is 116 cm³/mol. The van der Waals surface area contributed by atoms with Crippen LogP contribution in [-0.4, -0.2) is 16.7 Å². The van der Waals surface area contributed by atoms with Crippen LogP contribution >= 0.6 is 0 Å². The molecule has 0 spiro atoms. The van der Waals surface area contributed by atoms with Crippen molar-refractivity contribution in [2.45, 2.75) is 64.7 Å². The lowest BCUT2D eigenvalue weighted by atomic mass is 10.0. The van der Waals surface area contributed by atoms with Gasteiger partial charge in [0.15, 0.2) is 0 Å². The van der Waals surface area contributed by atoms with Crippen LogP contribution in [0.1, 0.15) is 80.6 Å². The minimum atomic E-state index is -0.401. The molecule has 2 aromatic carbocycles. The van der Waals surface area contributed by atoms with E-state index < -0.39 is 5.91 Å². The van der Waals surface area contributed by atoms with Crippen molar-refractivity contribution in [1.82, 2.24) is 5.43 Å². The summed E-state index contributed by atoms with van der Waals surface area (Å²) in [7, 11) is 0. The van der Waals surface area contributed by atoms with Gasteiger partial charge in [0.05, 0.1) is 11.3 Å². The molecule has 0 fully saturated rings. The van der Waals surface area contributed by atoms with Crippen molar-refractivity contribution in [2.24, 2.45) is 5.10 Å². The number of phenols is 1. The van der Waals surface area contributed by atoms with Gasteiger partial charge >= 0.3 is 0 Å². The van der Waals surface area contributed by atoms with E-state index in [1.54, 1.807) is 18.2 Å². The number of carbonyl (C=O) groups is 1. The van der Waals surface area contributed by atoms with Crippen LogP contribution in [-0.2, 0) is 0 Å². The van der Waals surface area contributed by atoms with Crippen LogP contribution in [0.3, 0.4) is 0 Å². The van der Waals surface area contributed by atoms with Crippen LogP contribution in [0.25, 0.3) is 0 Å². The van der Waals surface area contributed by atoms with Crippen LogP contribution in [0.2, 0.25) is 0 Å².